The lowest BCUT2D eigenvalue weighted by atomic mass is 9.82. The lowest BCUT2D eigenvalue weighted by Crippen LogP contribution is -2.21. The highest BCUT2D eigenvalue weighted by molar-refractivity contribution is 6.28. The van der Waals surface area contributed by atoms with Crippen LogP contribution in [0.5, 0.6) is 0 Å². The van der Waals surface area contributed by atoms with Crippen LogP contribution in [0.25, 0.3) is 0 Å². The molecule has 1 N–H and O–H groups in total. The Kier molecular flexibility index (Phi) is 9.39. The number of fused-ring (bicyclic) bond motifs is 2. The van der Waals surface area contributed by atoms with Gasteiger partial charge in [-0.15, -0.1) is 0 Å². The Balaban J connectivity index is 0.000000187. The summed E-state index contributed by atoms with van der Waals surface area (Å²) >= 11 is 0. The summed E-state index contributed by atoms with van der Waals surface area (Å²) in [5, 5.41) is 9.89. The second-order valence-electron chi connectivity index (χ2n) is 8.64. The molecule has 1 atom stereocenters. The van der Waals surface area contributed by atoms with E-state index in [9.17, 15) is 19.5 Å². The van der Waals surface area contributed by atoms with Crippen molar-refractivity contribution in [1.82, 2.24) is 0 Å². The molecule has 5 nitrogen and oxygen atoms in total. The summed E-state index contributed by atoms with van der Waals surface area (Å²) in [6.07, 6.45) is -1.08. The fourth-order valence-electron chi connectivity index (χ4n) is 3.91. The maximum Gasteiger partial charge on any atom is 0.195 e. The number of aliphatic hydroxyl groups excluding tert-OH is 1. The van der Waals surface area contributed by atoms with Crippen molar-refractivity contribution in [1.29, 1.82) is 0 Å². The number of aliphatic hydroxyl groups is 1. The van der Waals surface area contributed by atoms with E-state index in [2.05, 4.69) is 4.74 Å². The molecule has 5 rings (SSSR count). The third kappa shape index (κ3) is 6.33. The molecule has 0 fully saturated rings. The van der Waals surface area contributed by atoms with E-state index in [-0.39, 0.29) is 17.3 Å². The number of rotatable bonds is 3. The number of Topliss-reactive ketones (excluding diaryl/α,β-unsaturated/α-hetero) is 1. The van der Waals surface area contributed by atoms with Gasteiger partial charge in [0, 0.05) is 42.0 Å². The highest BCUT2D eigenvalue weighted by Crippen LogP contribution is 2.29. The minimum Gasteiger partial charge on any atom is -0.388 e. The van der Waals surface area contributed by atoms with Crippen molar-refractivity contribution in [2.75, 3.05) is 14.2 Å². The first kappa shape index (κ1) is 27.4. The van der Waals surface area contributed by atoms with Crippen molar-refractivity contribution >= 4 is 17.3 Å². The van der Waals surface area contributed by atoms with E-state index in [0.29, 0.717) is 33.4 Å². The van der Waals surface area contributed by atoms with Crippen LogP contribution in [-0.4, -0.2) is 36.7 Å². The number of carbonyl (C=O) groups excluding carboxylic acids is 3. The number of ketones is 3. The third-order valence-electron chi connectivity index (χ3n) is 5.96. The highest BCUT2D eigenvalue weighted by atomic mass is 16.4. The predicted molar refractivity (Wildman–Crippen MR) is 144 cm³/mol. The van der Waals surface area contributed by atoms with Crippen LogP contribution in [0.1, 0.15) is 65.0 Å². The van der Waals surface area contributed by atoms with Crippen molar-refractivity contribution < 1.29 is 24.2 Å². The molecule has 4 aromatic carbocycles. The summed E-state index contributed by atoms with van der Waals surface area (Å²) in [7, 11) is 3.25. The van der Waals surface area contributed by atoms with E-state index in [0.717, 1.165) is 11.1 Å². The highest BCUT2D eigenvalue weighted by Gasteiger charge is 2.29. The molecule has 4 aromatic rings. The van der Waals surface area contributed by atoms with Gasteiger partial charge in [-0.2, -0.15) is 0 Å². The smallest absolute Gasteiger partial charge is 0.195 e. The Morgan fingerprint density at radius 2 is 1.03 bits per heavy atom. The zero-order chi connectivity index (χ0) is 26.9. The van der Waals surface area contributed by atoms with Gasteiger partial charge in [0.15, 0.2) is 17.3 Å². The topological polar surface area (TPSA) is 80.7 Å². The summed E-state index contributed by atoms with van der Waals surface area (Å²) in [6, 6.07) is 28.4. The van der Waals surface area contributed by atoms with Gasteiger partial charge >= 0.3 is 0 Å². The number of ether oxygens (including phenoxy) is 1. The van der Waals surface area contributed by atoms with Gasteiger partial charge in [-0.3, -0.25) is 14.4 Å². The fourth-order valence-corrected chi connectivity index (χ4v) is 3.91. The number of hydrogen-bond acceptors (Lipinski definition) is 5. The van der Waals surface area contributed by atoms with Crippen LogP contribution >= 0.6 is 0 Å². The number of benzene rings is 4. The molecule has 0 radical (unpaired) electrons. The molecular formula is C32H30O5. The first-order valence-electron chi connectivity index (χ1n) is 11.8. The van der Waals surface area contributed by atoms with Crippen LogP contribution in [-0.2, 0) is 4.74 Å². The van der Waals surface area contributed by atoms with Crippen molar-refractivity contribution in [2.24, 2.45) is 0 Å². The maximum atomic E-state index is 12.4. The standard InChI is InChI=1S/C16H12O2.C14H12O2.C2H6O/c1-9-7-13-14(8-10(9)2)16(18)12-6-4-3-5-11(12)15(13)17;15-13(11-7-3-1-4-8-11)14(16)12-9-5-2-6-10-12;1-3-2/h3-8H,1-2H3;1-10,13,15H;1-2H3. The Hall–Kier alpha value is -4.19. The van der Waals surface area contributed by atoms with Crippen LogP contribution in [0.3, 0.4) is 0 Å². The van der Waals surface area contributed by atoms with E-state index < -0.39 is 6.10 Å². The molecule has 0 aliphatic heterocycles. The Bertz CT molecular complexity index is 1330. The third-order valence-corrected chi connectivity index (χ3v) is 5.96. The summed E-state index contributed by atoms with van der Waals surface area (Å²) in [4.78, 5) is 36.6. The minimum atomic E-state index is -1.08. The zero-order valence-electron chi connectivity index (χ0n) is 21.4. The van der Waals surface area contributed by atoms with Crippen LogP contribution in [0.15, 0.2) is 97.1 Å². The predicted octanol–water partition coefficient (Wildman–Crippen LogP) is 5.94. The van der Waals surface area contributed by atoms with Crippen LogP contribution < -0.4 is 0 Å². The second kappa shape index (κ2) is 12.7. The Labute approximate surface area is 217 Å². The molecule has 0 aromatic heterocycles. The molecule has 5 heteroatoms. The quantitative estimate of drug-likeness (QED) is 0.314. The largest absolute Gasteiger partial charge is 0.388 e. The van der Waals surface area contributed by atoms with Crippen LogP contribution in [0.4, 0.5) is 0 Å². The molecule has 1 aliphatic carbocycles. The molecular weight excluding hydrogens is 464 g/mol. The van der Waals surface area contributed by atoms with E-state index >= 15 is 0 Å². The lowest BCUT2D eigenvalue weighted by molar-refractivity contribution is 0.0747. The van der Waals surface area contributed by atoms with E-state index in [1.54, 1.807) is 87.0 Å². The van der Waals surface area contributed by atoms with Gasteiger partial charge in [-0.05, 0) is 42.7 Å². The van der Waals surface area contributed by atoms with Gasteiger partial charge in [-0.25, -0.2) is 0 Å². The normalized spacial score (nSPS) is 12.1. The summed E-state index contributed by atoms with van der Waals surface area (Å²) in [6.45, 7) is 3.90. The molecule has 0 bridgehead atoms. The molecule has 1 aliphatic rings. The molecule has 1 unspecified atom stereocenters. The van der Waals surface area contributed by atoms with Crippen molar-refractivity contribution in [3.05, 3.63) is 142 Å². The average molecular weight is 495 g/mol. The van der Waals surface area contributed by atoms with Crippen molar-refractivity contribution in [2.45, 2.75) is 20.0 Å². The van der Waals surface area contributed by atoms with Crippen molar-refractivity contribution in [3.63, 3.8) is 0 Å². The van der Waals surface area contributed by atoms with Gasteiger partial charge in [0.05, 0.1) is 0 Å². The summed E-state index contributed by atoms with van der Waals surface area (Å²) in [5.41, 5.74) is 5.30. The number of carbonyl (C=O) groups is 3. The number of hydrogen-bond donors (Lipinski definition) is 1. The van der Waals surface area contributed by atoms with E-state index in [1.807, 2.05) is 38.1 Å². The molecule has 0 saturated carbocycles. The molecule has 37 heavy (non-hydrogen) atoms. The van der Waals surface area contributed by atoms with Gasteiger partial charge < -0.3 is 9.84 Å². The van der Waals surface area contributed by atoms with Gasteiger partial charge in [-0.1, -0.05) is 84.9 Å². The second-order valence-corrected chi connectivity index (χ2v) is 8.64. The van der Waals surface area contributed by atoms with E-state index in [4.69, 9.17) is 0 Å². The van der Waals surface area contributed by atoms with Crippen LogP contribution in [0.2, 0.25) is 0 Å². The summed E-state index contributed by atoms with van der Waals surface area (Å²) < 4.78 is 4.25. The van der Waals surface area contributed by atoms with Crippen molar-refractivity contribution in [3.8, 4) is 0 Å². The monoisotopic (exact) mass is 494 g/mol. The Morgan fingerprint density at radius 1 is 0.649 bits per heavy atom. The van der Waals surface area contributed by atoms with Gasteiger partial charge in [0.25, 0.3) is 0 Å². The first-order chi connectivity index (χ1) is 17.8. The zero-order valence-corrected chi connectivity index (χ0v) is 21.4. The number of methoxy groups -OCH3 is 1. The molecule has 0 saturated heterocycles. The summed E-state index contributed by atoms with van der Waals surface area (Å²) in [5.74, 6) is -0.376. The number of aryl methyl sites for hydroxylation is 2. The lowest BCUT2D eigenvalue weighted by Gasteiger charge is -2.18. The van der Waals surface area contributed by atoms with Gasteiger partial charge in [0.1, 0.15) is 6.10 Å². The molecule has 188 valence electrons. The van der Waals surface area contributed by atoms with E-state index in [1.165, 1.54) is 0 Å². The molecule has 0 heterocycles. The van der Waals surface area contributed by atoms with Gasteiger partial charge in [0.2, 0.25) is 0 Å². The molecule has 0 spiro atoms. The minimum absolute atomic E-state index is 0.0525. The average Bonchev–Trinajstić information content (AvgIpc) is 2.94. The Morgan fingerprint density at radius 3 is 1.46 bits per heavy atom. The maximum absolute atomic E-state index is 12.4. The molecule has 0 amide bonds. The first-order valence-corrected chi connectivity index (χ1v) is 11.8. The fraction of sp³-hybridized carbons (Fsp3) is 0.156. The SMILES string of the molecule is COC.Cc1cc2c(cc1C)C(=O)c1ccccc1C2=O.O=C(c1ccccc1)C(O)c1ccccc1. The van der Waals surface area contributed by atoms with Crippen LogP contribution in [0, 0.1) is 13.8 Å².